The number of nitrogens with two attached hydrogens (primary N) is 1. The number of rotatable bonds is 7. The molecule has 0 atom stereocenters. The maximum Gasteiger partial charge on any atom is 0.253 e. The van der Waals surface area contributed by atoms with Crippen molar-refractivity contribution in [3.8, 4) is 0 Å². The predicted octanol–water partition coefficient (Wildman–Crippen LogP) is 3.87. The highest BCUT2D eigenvalue weighted by Gasteiger charge is 2.19. The number of hydrogen-bond donors (Lipinski definition) is 4. The number of allylic oxidation sites excluding steroid dienone is 3. The van der Waals surface area contributed by atoms with Crippen molar-refractivity contribution < 1.29 is 4.79 Å². The summed E-state index contributed by atoms with van der Waals surface area (Å²) < 4.78 is 2.21. The van der Waals surface area contributed by atoms with Gasteiger partial charge in [0.15, 0.2) is 0 Å². The van der Waals surface area contributed by atoms with Crippen LogP contribution in [0, 0.1) is 20.8 Å². The quantitative estimate of drug-likeness (QED) is 0.357. The van der Waals surface area contributed by atoms with Gasteiger partial charge < -0.3 is 30.8 Å². The number of piperazine rings is 1. The number of carbonyl (C=O) groups is 1. The zero-order valence-corrected chi connectivity index (χ0v) is 23.4. The Labute approximate surface area is 224 Å². The first-order chi connectivity index (χ1) is 18.1. The van der Waals surface area contributed by atoms with E-state index in [1.165, 1.54) is 0 Å². The molecule has 1 amide bonds. The van der Waals surface area contributed by atoms with Gasteiger partial charge >= 0.3 is 0 Å². The van der Waals surface area contributed by atoms with E-state index >= 15 is 0 Å². The van der Waals surface area contributed by atoms with E-state index in [1.54, 1.807) is 0 Å². The molecule has 3 heterocycles. The molecule has 0 spiro atoms. The number of amides is 1. The summed E-state index contributed by atoms with van der Waals surface area (Å²) in [5.74, 6) is 0.537. The van der Waals surface area contributed by atoms with Crippen LogP contribution in [0.15, 0.2) is 47.2 Å². The van der Waals surface area contributed by atoms with Gasteiger partial charge in [0.2, 0.25) is 0 Å². The number of aromatic nitrogens is 2. The molecule has 0 radical (unpaired) electrons. The van der Waals surface area contributed by atoms with Crippen LogP contribution in [-0.2, 0) is 6.54 Å². The lowest BCUT2D eigenvalue weighted by Crippen LogP contribution is -2.44. The van der Waals surface area contributed by atoms with Crippen molar-refractivity contribution in [2.75, 3.05) is 26.2 Å². The van der Waals surface area contributed by atoms with Crippen LogP contribution in [0.2, 0.25) is 0 Å². The summed E-state index contributed by atoms with van der Waals surface area (Å²) in [5.41, 5.74) is 13.0. The normalized spacial score (nSPS) is 15.0. The average Bonchev–Trinajstić information content (AvgIpc) is 3.23. The van der Waals surface area contributed by atoms with E-state index in [4.69, 9.17) is 5.73 Å². The van der Waals surface area contributed by atoms with E-state index in [1.807, 2.05) is 52.0 Å². The summed E-state index contributed by atoms with van der Waals surface area (Å²) in [4.78, 5) is 31.1. The summed E-state index contributed by atoms with van der Waals surface area (Å²) in [7, 11) is 0. The minimum atomic E-state index is -0.204. The first kappa shape index (κ1) is 27.3. The third kappa shape index (κ3) is 5.70. The molecule has 3 aromatic rings. The van der Waals surface area contributed by atoms with Gasteiger partial charge in [-0.1, -0.05) is 6.08 Å². The SMILES string of the molecule is C/C(=C\C=C(/N)N1CCNCC1)c1cc(C(=O)NCc2c(C)cc(C)[nH]c2=O)c2c(C)cn(C(C)C)c2c1. The van der Waals surface area contributed by atoms with Gasteiger partial charge in [-0.25, -0.2) is 0 Å². The topological polar surface area (TPSA) is 108 Å². The number of H-pyrrole nitrogens is 1. The highest BCUT2D eigenvalue weighted by Crippen LogP contribution is 2.31. The zero-order valence-electron chi connectivity index (χ0n) is 23.4. The number of benzene rings is 1. The number of hydrogen-bond acceptors (Lipinski definition) is 5. The number of pyridine rings is 1. The van der Waals surface area contributed by atoms with Gasteiger partial charge in [-0.3, -0.25) is 9.59 Å². The van der Waals surface area contributed by atoms with Gasteiger partial charge in [-0.15, -0.1) is 0 Å². The smallest absolute Gasteiger partial charge is 0.253 e. The Balaban J connectivity index is 1.72. The number of carbonyl (C=O) groups excluding carboxylic acids is 1. The van der Waals surface area contributed by atoms with E-state index in [9.17, 15) is 9.59 Å². The Morgan fingerprint density at radius 1 is 1.11 bits per heavy atom. The van der Waals surface area contributed by atoms with Crippen LogP contribution in [0.25, 0.3) is 16.5 Å². The van der Waals surface area contributed by atoms with E-state index in [-0.39, 0.29) is 24.1 Å². The second kappa shape index (κ2) is 11.3. The van der Waals surface area contributed by atoms with Gasteiger partial charge in [-0.2, -0.15) is 0 Å². The lowest BCUT2D eigenvalue weighted by molar-refractivity contribution is 0.0952. The first-order valence-corrected chi connectivity index (χ1v) is 13.3. The fourth-order valence-corrected chi connectivity index (χ4v) is 5.12. The van der Waals surface area contributed by atoms with Crippen molar-refractivity contribution in [1.29, 1.82) is 0 Å². The van der Waals surface area contributed by atoms with Gasteiger partial charge in [0.05, 0.1) is 5.82 Å². The second-order valence-corrected chi connectivity index (χ2v) is 10.5. The standard InChI is InChI=1S/C30H40N6O2/c1-18(2)36-17-21(5)28-24(29(37)33-16-25-20(4)13-22(6)34-30(25)38)14-23(15-26(28)36)19(3)7-8-27(31)35-11-9-32-10-12-35/h7-8,13-15,17-18,32H,9-12,16,31H2,1-6H3,(H,33,37)(H,34,38)/b19-7+,27-8+. The molecule has 5 N–H and O–H groups in total. The van der Waals surface area contributed by atoms with Crippen molar-refractivity contribution in [3.05, 3.63) is 86.2 Å². The minimum Gasteiger partial charge on any atom is -0.385 e. The second-order valence-electron chi connectivity index (χ2n) is 10.5. The predicted molar refractivity (Wildman–Crippen MR) is 155 cm³/mol. The molecule has 1 aromatic carbocycles. The van der Waals surface area contributed by atoms with Gasteiger partial charge in [-0.05, 0) is 88.1 Å². The number of fused-ring (bicyclic) bond motifs is 1. The van der Waals surface area contributed by atoms with Crippen LogP contribution in [0.3, 0.4) is 0 Å². The number of nitrogens with one attached hydrogen (secondary N) is 3. The fraction of sp³-hybridized carbons (Fsp3) is 0.400. The molecule has 0 bridgehead atoms. The monoisotopic (exact) mass is 516 g/mol. The summed E-state index contributed by atoms with van der Waals surface area (Å²) in [6.07, 6.45) is 6.07. The molecular weight excluding hydrogens is 476 g/mol. The van der Waals surface area contributed by atoms with E-state index in [0.717, 1.165) is 70.9 Å². The maximum atomic E-state index is 13.6. The van der Waals surface area contributed by atoms with E-state index in [0.29, 0.717) is 11.1 Å². The van der Waals surface area contributed by atoms with Crippen LogP contribution in [0.5, 0.6) is 0 Å². The highest BCUT2D eigenvalue weighted by atomic mass is 16.1. The minimum absolute atomic E-state index is 0.161. The Kier molecular flexibility index (Phi) is 8.11. The van der Waals surface area contributed by atoms with Crippen molar-refractivity contribution in [2.24, 2.45) is 5.73 Å². The molecular formula is C30H40N6O2. The molecule has 38 heavy (non-hydrogen) atoms. The van der Waals surface area contributed by atoms with Crippen molar-refractivity contribution >= 4 is 22.4 Å². The van der Waals surface area contributed by atoms with Crippen LogP contribution in [-0.4, -0.2) is 46.5 Å². The summed E-state index contributed by atoms with van der Waals surface area (Å²) in [5, 5.41) is 7.27. The van der Waals surface area contributed by atoms with Crippen LogP contribution in [0.4, 0.5) is 0 Å². The molecule has 8 heteroatoms. The molecule has 4 rings (SSSR count). The summed E-state index contributed by atoms with van der Waals surface area (Å²) in [6, 6.07) is 6.25. The average molecular weight is 517 g/mol. The molecule has 0 unspecified atom stereocenters. The Bertz CT molecular complexity index is 1470. The van der Waals surface area contributed by atoms with Gasteiger partial charge in [0.1, 0.15) is 0 Å². The van der Waals surface area contributed by atoms with Crippen LogP contribution >= 0.6 is 0 Å². The number of aromatic amines is 1. The molecule has 1 aliphatic rings. The summed E-state index contributed by atoms with van der Waals surface area (Å²) in [6.45, 7) is 15.9. The summed E-state index contributed by atoms with van der Waals surface area (Å²) >= 11 is 0. The first-order valence-electron chi connectivity index (χ1n) is 13.3. The third-order valence-electron chi connectivity index (χ3n) is 7.28. The molecule has 202 valence electrons. The lowest BCUT2D eigenvalue weighted by Gasteiger charge is -2.29. The van der Waals surface area contributed by atoms with Gasteiger partial charge in [0, 0.05) is 72.7 Å². The Hall–Kier alpha value is -3.78. The number of nitrogens with zero attached hydrogens (tertiary/aromatic N) is 2. The van der Waals surface area contributed by atoms with Crippen molar-refractivity contribution in [1.82, 2.24) is 25.1 Å². The maximum absolute atomic E-state index is 13.6. The highest BCUT2D eigenvalue weighted by molar-refractivity contribution is 6.09. The molecule has 0 saturated carbocycles. The Morgan fingerprint density at radius 3 is 2.47 bits per heavy atom. The largest absolute Gasteiger partial charge is 0.385 e. The van der Waals surface area contributed by atoms with Crippen LogP contribution < -0.4 is 21.9 Å². The molecule has 2 aromatic heterocycles. The molecule has 1 saturated heterocycles. The molecule has 1 fully saturated rings. The van der Waals surface area contributed by atoms with Crippen LogP contribution in [0.1, 0.15) is 65.1 Å². The fourth-order valence-electron chi connectivity index (χ4n) is 5.12. The van der Waals surface area contributed by atoms with E-state index in [2.05, 4.69) is 51.2 Å². The molecule has 0 aliphatic carbocycles. The van der Waals surface area contributed by atoms with E-state index < -0.39 is 0 Å². The number of aryl methyl sites for hydroxylation is 3. The Morgan fingerprint density at radius 2 is 1.82 bits per heavy atom. The molecule has 8 nitrogen and oxygen atoms in total. The van der Waals surface area contributed by atoms with Crippen molar-refractivity contribution in [2.45, 2.75) is 54.1 Å². The van der Waals surface area contributed by atoms with Crippen molar-refractivity contribution in [3.63, 3.8) is 0 Å². The third-order valence-corrected chi connectivity index (χ3v) is 7.28. The molecule has 1 aliphatic heterocycles. The lowest BCUT2D eigenvalue weighted by atomic mass is 9.98. The zero-order chi connectivity index (χ0) is 27.6. The van der Waals surface area contributed by atoms with Gasteiger partial charge in [0.25, 0.3) is 11.5 Å².